The maximum atomic E-state index is 8.97. The molecule has 0 atom stereocenters. The van der Waals surface area contributed by atoms with Crippen LogP contribution in [-0.4, -0.2) is 4.57 Å². The summed E-state index contributed by atoms with van der Waals surface area (Å²) in [7, 11) is 1.86. The molecule has 1 aromatic heterocycles. The summed E-state index contributed by atoms with van der Waals surface area (Å²) in [5, 5.41) is 10.4. The van der Waals surface area contributed by atoms with Gasteiger partial charge in [-0.1, -0.05) is 23.2 Å². The molecule has 0 spiro atoms. The van der Waals surface area contributed by atoms with Crippen molar-refractivity contribution in [2.45, 2.75) is 6.92 Å². The largest absolute Gasteiger partial charge is 0.334 e. The van der Waals surface area contributed by atoms with Crippen molar-refractivity contribution in [1.82, 2.24) is 4.57 Å². The van der Waals surface area contributed by atoms with Crippen LogP contribution in [0.3, 0.4) is 0 Å². The van der Waals surface area contributed by atoms with Gasteiger partial charge in [-0.25, -0.2) is 0 Å². The first kappa shape index (κ1) is 9.11. The first-order valence-electron chi connectivity index (χ1n) is 4.30. The molecule has 0 N–H and O–H groups in total. The van der Waals surface area contributed by atoms with Crippen LogP contribution < -0.4 is 0 Å². The quantitative estimate of drug-likeness (QED) is 0.649. The molecule has 0 bridgehead atoms. The van der Waals surface area contributed by atoms with Gasteiger partial charge >= 0.3 is 0 Å². The molecule has 0 saturated carbocycles. The predicted octanol–water partition coefficient (Wildman–Crippen LogP) is 3.01. The number of aromatic nitrogens is 1. The van der Waals surface area contributed by atoms with Gasteiger partial charge < -0.3 is 4.57 Å². The van der Waals surface area contributed by atoms with Crippen molar-refractivity contribution < 1.29 is 0 Å². The number of rotatable bonds is 0. The highest BCUT2D eigenvalue weighted by Crippen LogP contribution is 2.28. The van der Waals surface area contributed by atoms with Gasteiger partial charge in [-0.3, -0.25) is 0 Å². The van der Waals surface area contributed by atoms with Crippen LogP contribution in [0, 0.1) is 18.3 Å². The first-order valence-corrected chi connectivity index (χ1v) is 4.67. The fourth-order valence-electron chi connectivity index (χ4n) is 1.63. The van der Waals surface area contributed by atoms with Gasteiger partial charge in [0.15, 0.2) is 0 Å². The molecule has 0 radical (unpaired) electrons. The Morgan fingerprint density at radius 1 is 1.43 bits per heavy atom. The minimum Gasteiger partial charge on any atom is -0.334 e. The minimum absolute atomic E-state index is 0.508. The van der Waals surface area contributed by atoms with E-state index in [0.29, 0.717) is 10.7 Å². The lowest BCUT2D eigenvalue weighted by molar-refractivity contribution is 0.968. The van der Waals surface area contributed by atoms with E-state index in [9.17, 15) is 0 Å². The summed E-state index contributed by atoms with van der Waals surface area (Å²) in [6, 6.07) is 8.12. The maximum absolute atomic E-state index is 8.97. The average molecular weight is 205 g/mol. The highest BCUT2D eigenvalue weighted by atomic mass is 35.5. The summed E-state index contributed by atoms with van der Waals surface area (Å²) >= 11 is 6.03. The van der Waals surface area contributed by atoms with Crippen LogP contribution in [0.4, 0.5) is 0 Å². The van der Waals surface area contributed by atoms with Crippen molar-refractivity contribution in [2.75, 3.05) is 0 Å². The lowest BCUT2D eigenvalue weighted by Gasteiger charge is -1.96. The molecule has 0 aliphatic rings. The van der Waals surface area contributed by atoms with Crippen molar-refractivity contribution in [3.8, 4) is 6.07 Å². The van der Waals surface area contributed by atoms with Crippen LogP contribution in [0.5, 0.6) is 0 Å². The molecule has 14 heavy (non-hydrogen) atoms. The van der Waals surface area contributed by atoms with Crippen molar-refractivity contribution >= 4 is 22.5 Å². The Kier molecular flexibility index (Phi) is 1.98. The second kappa shape index (κ2) is 3.04. The fraction of sp³-hybridized carbons (Fsp3) is 0.182. The Hall–Kier alpha value is -1.46. The molecule has 2 nitrogen and oxygen atoms in total. The highest BCUT2D eigenvalue weighted by Gasteiger charge is 2.12. The fourth-order valence-corrected chi connectivity index (χ4v) is 1.87. The second-order valence-corrected chi connectivity index (χ2v) is 3.72. The van der Waals surface area contributed by atoms with Crippen molar-refractivity contribution in [1.29, 1.82) is 5.26 Å². The van der Waals surface area contributed by atoms with Gasteiger partial charge in [0.05, 0.1) is 11.1 Å². The van der Waals surface area contributed by atoms with Crippen LogP contribution in [0.15, 0.2) is 18.2 Å². The van der Waals surface area contributed by atoms with Crippen molar-refractivity contribution in [2.24, 2.45) is 7.05 Å². The zero-order valence-electron chi connectivity index (χ0n) is 8.00. The number of nitriles is 1. The van der Waals surface area contributed by atoms with Gasteiger partial charge in [0.2, 0.25) is 0 Å². The molecular weight excluding hydrogens is 196 g/mol. The molecule has 2 aromatic rings. The van der Waals surface area contributed by atoms with Gasteiger partial charge in [-0.2, -0.15) is 5.26 Å². The van der Waals surface area contributed by atoms with E-state index in [0.717, 1.165) is 16.5 Å². The number of nitrogens with zero attached hydrogens (tertiary/aromatic N) is 2. The smallest absolute Gasteiger partial charge is 0.127 e. The van der Waals surface area contributed by atoms with Crippen LogP contribution in [-0.2, 0) is 7.05 Å². The normalized spacial score (nSPS) is 10.4. The van der Waals surface area contributed by atoms with E-state index in [-0.39, 0.29) is 0 Å². The van der Waals surface area contributed by atoms with Crippen LogP contribution in [0.2, 0.25) is 5.15 Å². The predicted molar refractivity (Wildman–Crippen MR) is 57.4 cm³/mol. The van der Waals surface area contributed by atoms with Crippen LogP contribution >= 0.6 is 11.6 Å². The van der Waals surface area contributed by atoms with E-state index in [2.05, 4.69) is 6.07 Å². The van der Waals surface area contributed by atoms with E-state index in [1.807, 2.05) is 36.7 Å². The van der Waals surface area contributed by atoms with Gasteiger partial charge in [0, 0.05) is 12.4 Å². The number of halogens is 1. The van der Waals surface area contributed by atoms with Gasteiger partial charge in [0.1, 0.15) is 11.2 Å². The van der Waals surface area contributed by atoms with E-state index >= 15 is 0 Å². The molecule has 0 aliphatic carbocycles. The third-order valence-corrected chi connectivity index (χ3v) is 2.84. The van der Waals surface area contributed by atoms with Crippen molar-refractivity contribution in [3.05, 3.63) is 34.5 Å². The molecule has 0 amide bonds. The molecule has 1 aromatic carbocycles. The molecule has 3 heteroatoms. The Morgan fingerprint density at radius 2 is 2.14 bits per heavy atom. The molecule has 0 unspecified atom stereocenters. The van der Waals surface area contributed by atoms with Crippen LogP contribution in [0.1, 0.15) is 11.1 Å². The summed E-state index contributed by atoms with van der Waals surface area (Å²) in [5.41, 5.74) is 2.70. The van der Waals surface area contributed by atoms with E-state index in [1.165, 1.54) is 0 Å². The second-order valence-electron chi connectivity index (χ2n) is 3.36. The lowest BCUT2D eigenvalue weighted by Crippen LogP contribution is -1.86. The number of hydrogen-bond donors (Lipinski definition) is 0. The summed E-state index contributed by atoms with van der Waals surface area (Å²) in [4.78, 5) is 0. The van der Waals surface area contributed by atoms with E-state index in [1.54, 1.807) is 0 Å². The monoisotopic (exact) mass is 204 g/mol. The summed E-state index contributed by atoms with van der Waals surface area (Å²) in [5.74, 6) is 0. The van der Waals surface area contributed by atoms with Crippen LogP contribution in [0.25, 0.3) is 10.9 Å². The first-order chi connectivity index (χ1) is 6.65. The standard InChI is InChI=1S/C11H9ClN2/c1-7-3-4-10-8(5-7)9(6-13)11(12)14(10)2/h3-5H,1-2H3. The number of benzene rings is 1. The number of hydrogen-bond acceptors (Lipinski definition) is 1. The number of fused-ring (bicyclic) bond motifs is 1. The summed E-state index contributed by atoms with van der Waals surface area (Å²) < 4.78 is 1.83. The molecule has 0 fully saturated rings. The average Bonchev–Trinajstić information content (AvgIpc) is 2.39. The van der Waals surface area contributed by atoms with Gasteiger partial charge in [0.25, 0.3) is 0 Å². The third-order valence-electron chi connectivity index (χ3n) is 2.40. The molecule has 0 saturated heterocycles. The summed E-state index contributed by atoms with van der Waals surface area (Å²) in [6.45, 7) is 2.00. The molecule has 70 valence electrons. The van der Waals surface area contributed by atoms with Crippen molar-refractivity contribution in [3.63, 3.8) is 0 Å². The Morgan fingerprint density at radius 3 is 2.79 bits per heavy atom. The minimum atomic E-state index is 0.508. The van der Waals surface area contributed by atoms with E-state index in [4.69, 9.17) is 16.9 Å². The van der Waals surface area contributed by atoms with Gasteiger partial charge in [-0.05, 0) is 19.1 Å². The molecule has 0 aliphatic heterocycles. The summed E-state index contributed by atoms with van der Waals surface area (Å²) in [6.07, 6.45) is 0. The zero-order valence-corrected chi connectivity index (χ0v) is 8.76. The Balaban J connectivity index is 2.98. The SMILES string of the molecule is Cc1ccc2c(c1)c(C#N)c(Cl)n2C. The maximum Gasteiger partial charge on any atom is 0.127 e. The van der Waals surface area contributed by atoms with E-state index < -0.39 is 0 Å². The van der Waals surface area contributed by atoms with Gasteiger partial charge in [-0.15, -0.1) is 0 Å². The molecule has 1 heterocycles. The third kappa shape index (κ3) is 1.10. The Labute approximate surface area is 87.3 Å². The molecular formula is C11H9ClN2. The molecule has 2 rings (SSSR count). The lowest BCUT2D eigenvalue weighted by atomic mass is 10.1. The topological polar surface area (TPSA) is 28.7 Å². The zero-order chi connectivity index (χ0) is 10.3. The highest BCUT2D eigenvalue weighted by molar-refractivity contribution is 6.32. The Bertz CT molecular complexity index is 546. The number of aryl methyl sites for hydroxylation is 2.